The van der Waals surface area contributed by atoms with Gasteiger partial charge >= 0.3 is 0 Å². The highest BCUT2D eigenvalue weighted by molar-refractivity contribution is 9.11. The Morgan fingerprint density at radius 2 is 1.83 bits per heavy atom. The molecule has 0 fully saturated rings. The van der Waals surface area contributed by atoms with Gasteiger partial charge in [-0.2, -0.15) is 0 Å². The van der Waals surface area contributed by atoms with Gasteiger partial charge in [0.15, 0.2) is 0 Å². The number of rotatable bonds is 4. The molecule has 2 aromatic rings. The van der Waals surface area contributed by atoms with Gasteiger partial charge in [0, 0.05) is 23.4 Å². The van der Waals surface area contributed by atoms with Gasteiger partial charge in [-0.25, -0.2) is 9.37 Å². The highest BCUT2D eigenvalue weighted by atomic mass is 79.9. The quantitative estimate of drug-likeness (QED) is 0.784. The van der Waals surface area contributed by atoms with Gasteiger partial charge in [-0.3, -0.25) is 4.98 Å². The third kappa shape index (κ3) is 3.25. The summed E-state index contributed by atoms with van der Waals surface area (Å²) in [4.78, 5) is 8.99. The third-order valence-corrected chi connectivity index (χ3v) is 4.65. The van der Waals surface area contributed by atoms with E-state index in [2.05, 4.69) is 20.9 Å². The van der Waals surface area contributed by atoms with Crippen LogP contribution in [0.25, 0.3) is 11.3 Å². The van der Waals surface area contributed by atoms with Crippen LogP contribution >= 0.6 is 15.9 Å². The average molecular weight is 391 g/mol. The molecule has 0 bridgehead atoms. The topological polar surface area (TPSA) is 44.2 Å². The van der Waals surface area contributed by atoms with Crippen molar-refractivity contribution < 1.29 is 13.9 Å². The first-order valence-electron chi connectivity index (χ1n) is 7.36. The molecule has 1 aromatic heterocycles. The number of methoxy groups -OCH3 is 2. The van der Waals surface area contributed by atoms with E-state index in [0.717, 1.165) is 21.5 Å². The Morgan fingerprint density at radius 1 is 1.08 bits per heavy atom. The second-order valence-corrected chi connectivity index (χ2v) is 6.21. The van der Waals surface area contributed by atoms with Gasteiger partial charge in [0.1, 0.15) is 17.7 Å². The lowest BCUT2D eigenvalue weighted by atomic mass is 9.92. The summed E-state index contributed by atoms with van der Waals surface area (Å²) in [5.41, 5.74) is 2.23. The van der Waals surface area contributed by atoms with Crippen molar-refractivity contribution in [1.82, 2.24) is 9.97 Å². The van der Waals surface area contributed by atoms with E-state index in [4.69, 9.17) is 14.5 Å². The molecule has 0 saturated heterocycles. The number of hydrogen-bond donors (Lipinski definition) is 0. The van der Waals surface area contributed by atoms with Crippen LogP contribution in [0, 0.1) is 5.82 Å². The van der Waals surface area contributed by atoms with E-state index in [1.807, 2.05) is 12.2 Å². The molecule has 2 unspecified atom stereocenters. The molecule has 1 heterocycles. The second kappa shape index (κ2) is 7.23. The van der Waals surface area contributed by atoms with Crippen molar-refractivity contribution in [2.45, 2.75) is 12.0 Å². The maximum absolute atomic E-state index is 13.1. The lowest BCUT2D eigenvalue weighted by molar-refractivity contribution is 0.0660. The number of halogens is 2. The van der Waals surface area contributed by atoms with Crippen molar-refractivity contribution in [2.75, 3.05) is 14.2 Å². The smallest absolute Gasteiger partial charge is 0.127 e. The Kier molecular flexibility index (Phi) is 5.06. The molecule has 0 radical (unpaired) electrons. The van der Waals surface area contributed by atoms with Crippen molar-refractivity contribution in [3.63, 3.8) is 0 Å². The fourth-order valence-electron chi connectivity index (χ4n) is 2.69. The van der Waals surface area contributed by atoms with Gasteiger partial charge < -0.3 is 9.47 Å². The summed E-state index contributed by atoms with van der Waals surface area (Å²) in [6.07, 6.45) is 6.85. The zero-order valence-electron chi connectivity index (χ0n) is 13.2. The summed E-state index contributed by atoms with van der Waals surface area (Å²) in [5.74, 6) is 0.276. The Labute approximate surface area is 148 Å². The van der Waals surface area contributed by atoms with Crippen molar-refractivity contribution >= 4 is 15.9 Å². The molecular weight excluding hydrogens is 375 g/mol. The van der Waals surface area contributed by atoms with E-state index >= 15 is 0 Å². The predicted octanol–water partition coefficient (Wildman–Crippen LogP) is 4.20. The summed E-state index contributed by atoms with van der Waals surface area (Å²) >= 11 is 3.58. The summed E-state index contributed by atoms with van der Waals surface area (Å²) in [6.45, 7) is 0. The standard InChI is InChI=1S/C18H16BrFN2O2/c1-23-16-8-7-13(19)17(18(16)24-2)15-10-21-9-14(22-15)11-3-5-12(20)6-4-11/h3-10,17-18H,1-2H3. The molecule has 2 atom stereocenters. The normalized spacial score (nSPS) is 20.3. The molecule has 3 rings (SSSR count). The molecule has 0 saturated carbocycles. The average Bonchev–Trinajstić information content (AvgIpc) is 2.62. The molecule has 124 valence electrons. The van der Waals surface area contributed by atoms with Crippen LogP contribution in [-0.4, -0.2) is 30.3 Å². The number of ether oxygens (including phenoxy) is 2. The van der Waals surface area contributed by atoms with Crippen LogP contribution in [0.15, 0.2) is 59.1 Å². The highest BCUT2D eigenvalue weighted by Gasteiger charge is 2.33. The lowest BCUT2D eigenvalue weighted by Crippen LogP contribution is -2.27. The van der Waals surface area contributed by atoms with Crippen LogP contribution in [0.1, 0.15) is 11.6 Å². The number of nitrogens with zero attached hydrogens (tertiary/aromatic N) is 2. The van der Waals surface area contributed by atoms with E-state index < -0.39 is 0 Å². The predicted molar refractivity (Wildman–Crippen MR) is 93.1 cm³/mol. The van der Waals surface area contributed by atoms with Gasteiger partial charge in [0.2, 0.25) is 0 Å². The van der Waals surface area contributed by atoms with Crippen molar-refractivity contribution in [3.8, 4) is 11.3 Å². The van der Waals surface area contributed by atoms with E-state index in [1.165, 1.54) is 12.1 Å². The summed E-state index contributed by atoms with van der Waals surface area (Å²) in [6, 6.07) is 6.18. The Balaban J connectivity index is 2.00. The lowest BCUT2D eigenvalue weighted by Gasteiger charge is -2.29. The van der Waals surface area contributed by atoms with Crippen molar-refractivity contribution in [1.29, 1.82) is 0 Å². The molecule has 24 heavy (non-hydrogen) atoms. The van der Waals surface area contributed by atoms with Crippen LogP contribution in [0.5, 0.6) is 0 Å². The fraction of sp³-hybridized carbons (Fsp3) is 0.222. The Bertz CT molecular complexity index is 790. The van der Waals surface area contributed by atoms with Crippen LogP contribution in [-0.2, 0) is 9.47 Å². The van der Waals surface area contributed by atoms with Crippen molar-refractivity contribution in [3.05, 3.63) is 70.6 Å². The molecule has 6 heteroatoms. The first kappa shape index (κ1) is 16.8. The highest BCUT2D eigenvalue weighted by Crippen LogP contribution is 2.39. The zero-order chi connectivity index (χ0) is 17.1. The minimum atomic E-state index is -0.299. The third-order valence-electron chi connectivity index (χ3n) is 3.89. The SMILES string of the molecule is COC1=CC=C(Br)C(c2cncc(-c3ccc(F)cc3)n2)C1OC. The summed E-state index contributed by atoms with van der Waals surface area (Å²) in [7, 11) is 3.25. The molecule has 1 aliphatic carbocycles. The van der Waals surface area contributed by atoms with E-state index in [1.54, 1.807) is 38.7 Å². The van der Waals surface area contributed by atoms with E-state index in [-0.39, 0.29) is 17.8 Å². The zero-order valence-corrected chi connectivity index (χ0v) is 14.8. The molecular formula is C18H16BrFN2O2. The Hall–Kier alpha value is -2.05. The van der Waals surface area contributed by atoms with Crippen LogP contribution in [0.3, 0.4) is 0 Å². The first-order valence-corrected chi connectivity index (χ1v) is 8.15. The molecule has 1 aliphatic rings. The monoisotopic (exact) mass is 390 g/mol. The fourth-order valence-corrected chi connectivity index (χ4v) is 3.30. The summed E-state index contributed by atoms with van der Waals surface area (Å²) < 4.78 is 25.1. The molecule has 4 nitrogen and oxygen atoms in total. The van der Waals surface area contributed by atoms with Gasteiger partial charge in [-0.15, -0.1) is 0 Å². The maximum Gasteiger partial charge on any atom is 0.127 e. The number of aromatic nitrogens is 2. The minimum absolute atomic E-state index is 0.164. The second-order valence-electron chi connectivity index (χ2n) is 5.29. The molecule has 0 amide bonds. The minimum Gasteiger partial charge on any atom is -0.498 e. The summed E-state index contributed by atoms with van der Waals surface area (Å²) in [5, 5.41) is 0. The largest absolute Gasteiger partial charge is 0.498 e. The van der Waals surface area contributed by atoms with Crippen LogP contribution in [0.4, 0.5) is 4.39 Å². The van der Waals surface area contributed by atoms with E-state index in [0.29, 0.717) is 5.69 Å². The maximum atomic E-state index is 13.1. The molecule has 1 aromatic carbocycles. The number of hydrogen-bond acceptors (Lipinski definition) is 4. The van der Waals surface area contributed by atoms with Gasteiger partial charge in [0.05, 0.1) is 30.6 Å². The Morgan fingerprint density at radius 3 is 2.50 bits per heavy atom. The number of allylic oxidation sites excluding steroid dienone is 2. The van der Waals surface area contributed by atoms with Gasteiger partial charge in [-0.1, -0.05) is 15.9 Å². The molecule has 0 aliphatic heterocycles. The van der Waals surface area contributed by atoms with Crippen LogP contribution < -0.4 is 0 Å². The number of benzene rings is 1. The van der Waals surface area contributed by atoms with Crippen molar-refractivity contribution in [2.24, 2.45) is 0 Å². The van der Waals surface area contributed by atoms with Crippen LogP contribution in [0.2, 0.25) is 0 Å². The molecule has 0 N–H and O–H groups in total. The van der Waals surface area contributed by atoms with Gasteiger partial charge in [0.25, 0.3) is 0 Å². The van der Waals surface area contributed by atoms with E-state index in [9.17, 15) is 4.39 Å². The molecule has 0 spiro atoms. The van der Waals surface area contributed by atoms with Gasteiger partial charge in [-0.05, 0) is 36.4 Å². The first-order chi connectivity index (χ1) is 11.6.